The molecule has 116 valence electrons. The van der Waals surface area contributed by atoms with Crippen LogP contribution in [0.2, 0.25) is 5.02 Å². The Bertz CT molecular complexity index is 705. The second-order valence-electron chi connectivity index (χ2n) is 5.69. The predicted octanol–water partition coefficient (Wildman–Crippen LogP) is 3.70. The van der Waals surface area contributed by atoms with Crippen LogP contribution >= 0.6 is 11.6 Å². The fourth-order valence-electron chi connectivity index (χ4n) is 3.22. The molecule has 0 spiro atoms. The molecule has 3 rings (SSSR count). The standard InChI is InChI=1S/C17H17ClF2N2/c1-22-9-14(10-2-5-15(19)16(20)6-10)12-4-3-11(18)7-13(12)17(22)8-21/h2-7,14,17H,8-9,21H2,1H3. The van der Waals surface area contributed by atoms with Gasteiger partial charge in [-0.3, -0.25) is 4.90 Å². The number of nitrogens with two attached hydrogens (primary N) is 1. The van der Waals surface area contributed by atoms with Gasteiger partial charge in [0, 0.05) is 30.1 Å². The third-order valence-corrected chi connectivity index (χ3v) is 4.59. The molecule has 0 fully saturated rings. The quantitative estimate of drug-likeness (QED) is 0.913. The van der Waals surface area contributed by atoms with E-state index in [1.54, 1.807) is 6.07 Å². The van der Waals surface area contributed by atoms with E-state index < -0.39 is 11.6 Å². The van der Waals surface area contributed by atoms with E-state index in [1.165, 1.54) is 12.1 Å². The average molecular weight is 323 g/mol. The lowest BCUT2D eigenvalue weighted by atomic mass is 9.81. The van der Waals surface area contributed by atoms with Crippen LogP contribution in [0.3, 0.4) is 0 Å². The number of fused-ring (bicyclic) bond motifs is 1. The average Bonchev–Trinajstić information content (AvgIpc) is 2.49. The fraction of sp³-hybridized carbons (Fsp3) is 0.294. The maximum atomic E-state index is 13.6. The number of nitrogens with zero attached hydrogens (tertiary/aromatic N) is 1. The van der Waals surface area contributed by atoms with E-state index >= 15 is 0 Å². The Balaban J connectivity index is 2.11. The monoisotopic (exact) mass is 322 g/mol. The highest BCUT2D eigenvalue weighted by Gasteiger charge is 2.31. The number of likely N-dealkylation sites (N-methyl/N-ethyl adjacent to an activating group) is 1. The van der Waals surface area contributed by atoms with Gasteiger partial charge in [-0.2, -0.15) is 0 Å². The molecule has 5 heteroatoms. The summed E-state index contributed by atoms with van der Waals surface area (Å²) in [6.45, 7) is 1.18. The van der Waals surface area contributed by atoms with Gasteiger partial charge in [-0.1, -0.05) is 23.7 Å². The van der Waals surface area contributed by atoms with Crippen molar-refractivity contribution in [3.8, 4) is 0 Å². The van der Waals surface area contributed by atoms with Crippen molar-refractivity contribution < 1.29 is 8.78 Å². The molecule has 1 aliphatic heterocycles. The Morgan fingerprint density at radius 3 is 2.59 bits per heavy atom. The molecule has 2 atom stereocenters. The first-order valence-electron chi connectivity index (χ1n) is 7.16. The molecule has 22 heavy (non-hydrogen) atoms. The molecular weight excluding hydrogens is 306 g/mol. The molecule has 0 amide bonds. The van der Waals surface area contributed by atoms with Crippen LogP contribution in [0.1, 0.15) is 28.7 Å². The lowest BCUT2D eigenvalue weighted by Crippen LogP contribution is -2.39. The summed E-state index contributed by atoms with van der Waals surface area (Å²) in [6.07, 6.45) is 0. The highest BCUT2D eigenvalue weighted by atomic mass is 35.5. The van der Waals surface area contributed by atoms with Crippen LogP contribution < -0.4 is 5.73 Å². The van der Waals surface area contributed by atoms with Crippen molar-refractivity contribution in [1.82, 2.24) is 4.90 Å². The number of rotatable bonds is 2. The zero-order chi connectivity index (χ0) is 15.9. The third kappa shape index (κ3) is 2.62. The summed E-state index contributed by atoms with van der Waals surface area (Å²) in [4.78, 5) is 2.13. The molecule has 1 heterocycles. The van der Waals surface area contributed by atoms with E-state index in [0.29, 0.717) is 18.1 Å². The van der Waals surface area contributed by atoms with Gasteiger partial charge in [0.2, 0.25) is 0 Å². The lowest BCUT2D eigenvalue weighted by molar-refractivity contribution is 0.223. The lowest BCUT2D eigenvalue weighted by Gasteiger charge is -2.39. The van der Waals surface area contributed by atoms with Crippen molar-refractivity contribution in [1.29, 1.82) is 0 Å². The molecule has 2 unspecified atom stereocenters. The Labute approximate surface area is 133 Å². The first kappa shape index (κ1) is 15.4. The van der Waals surface area contributed by atoms with Gasteiger partial charge in [0.05, 0.1) is 0 Å². The molecule has 2 aromatic carbocycles. The van der Waals surface area contributed by atoms with Crippen molar-refractivity contribution in [3.05, 3.63) is 69.7 Å². The normalized spacial score (nSPS) is 21.7. The molecule has 2 aromatic rings. The van der Waals surface area contributed by atoms with Crippen molar-refractivity contribution in [3.63, 3.8) is 0 Å². The van der Waals surface area contributed by atoms with Crippen LogP contribution in [-0.4, -0.2) is 25.0 Å². The summed E-state index contributed by atoms with van der Waals surface area (Å²) < 4.78 is 26.8. The van der Waals surface area contributed by atoms with E-state index in [1.807, 2.05) is 25.2 Å². The minimum atomic E-state index is -0.830. The van der Waals surface area contributed by atoms with Gasteiger partial charge in [0.15, 0.2) is 11.6 Å². The Morgan fingerprint density at radius 2 is 1.91 bits per heavy atom. The maximum Gasteiger partial charge on any atom is 0.159 e. The van der Waals surface area contributed by atoms with Crippen molar-refractivity contribution in [2.45, 2.75) is 12.0 Å². The summed E-state index contributed by atoms with van der Waals surface area (Å²) >= 11 is 6.12. The smallest absolute Gasteiger partial charge is 0.159 e. The van der Waals surface area contributed by atoms with Gasteiger partial charge >= 0.3 is 0 Å². The van der Waals surface area contributed by atoms with E-state index in [9.17, 15) is 8.78 Å². The van der Waals surface area contributed by atoms with Crippen molar-refractivity contribution >= 4 is 11.6 Å². The largest absolute Gasteiger partial charge is 0.329 e. The SMILES string of the molecule is CN1CC(c2ccc(F)c(F)c2)c2ccc(Cl)cc2C1CN. The molecule has 2 nitrogen and oxygen atoms in total. The Morgan fingerprint density at radius 1 is 1.14 bits per heavy atom. The van der Waals surface area contributed by atoms with Crippen LogP contribution in [0.15, 0.2) is 36.4 Å². The highest BCUT2D eigenvalue weighted by molar-refractivity contribution is 6.30. The van der Waals surface area contributed by atoms with Gasteiger partial charge in [0.1, 0.15) is 0 Å². The number of hydrogen-bond acceptors (Lipinski definition) is 2. The van der Waals surface area contributed by atoms with E-state index in [4.69, 9.17) is 17.3 Å². The zero-order valence-corrected chi connectivity index (χ0v) is 12.9. The highest BCUT2D eigenvalue weighted by Crippen LogP contribution is 2.39. The van der Waals surface area contributed by atoms with Crippen molar-refractivity contribution in [2.24, 2.45) is 5.73 Å². The molecule has 0 bridgehead atoms. The van der Waals surface area contributed by atoms with Gasteiger partial charge in [-0.15, -0.1) is 0 Å². The topological polar surface area (TPSA) is 29.3 Å². The molecule has 0 saturated heterocycles. The molecule has 2 N–H and O–H groups in total. The number of hydrogen-bond donors (Lipinski definition) is 1. The van der Waals surface area contributed by atoms with Gasteiger partial charge in [0.25, 0.3) is 0 Å². The number of benzene rings is 2. The van der Waals surface area contributed by atoms with Crippen LogP contribution in [0.25, 0.3) is 0 Å². The van der Waals surface area contributed by atoms with Crippen LogP contribution in [0.4, 0.5) is 8.78 Å². The Kier molecular flexibility index (Phi) is 4.17. The van der Waals surface area contributed by atoms with E-state index in [-0.39, 0.29) is 12.0 Å². The summed E-state index contributed by atoms with van der Waals surface area (Å²) in [5, 5.41) is 0.650. The van der Waals surface area contributed by atoms with Gasteiger partial charge < -0.3 is 5.73 Å². The summed E-state index contributed by atoms with van der Waals surface area (Å²) in [6, 6.07) is 9.86. The first-order valence-corrected chi connectivity index (χ1v) is 7.53. The second-order valence-corrected chi connectivity index (χ2v) is 6.13. The minimum absolute atomic E-state index is 0.0323. The summed E-state index contributed by atoms with van der Waals surface area (Å²) in [7, 11) is 1.98. The Hall–Kier alpha value is -1.49. The zero-order valence-electron chi connectivity index (χ0n) is 12.2. The van der Waals surface area contributed by atoms with Crippen LogP contribution in [0.5, 0.6) is 0 Å². The van der Waals surface area contributed by atoms with E-state index in [0.717, 1.165) is 16.7 Å². The predicted molar refractivity (Wildman–Crippen MR) is 84.1 cm³/mol. The first-order chi connectivity index (χ1) is 10.5. The molecule has 0 aliphatic carbocycles. The van der Waals surface area contributed by atoms with Gasteiger partial charge in [-0.25, -0.2) is 8.78 Å². The molecule has 0 radical (unpaired) electrons. The fourth-order valence-corrected chi connectivity index (χ4v) is 3.40. The van der Waals surface area contributed by atoms with Crippen molar-refractivity contribution in [2.75, 3.05) is 20.1 Å². The summed E-state index contributed by atoms with van der Waals surface area (Å²) in [5.74, 6) is -1.68. The molecule has 1 aliphatic rings. The second kappa shape index (κ2) is 5.95. The minimum Gasteiger partial charge on any atom is -0.329 e. The van der Waals surface area contributed by atoms with E-state index in [2.05, 4.69) is 4.90 Å². The van der Waals surface area contributed by atoms with Gasteiger partial charge in [-0.05, 0) is 48.0 Å². The van der Waals surface area contributed by atoms with Crippen LogP contribution in [-0.2, 0) is 0 Å². The molecular formula is C17H17ClF2N2. The molecule has 0 saturated carbocycles. The third-order valence-electron chi connectivity index (χ3n) is 4.36. The maximum absolute atomic E-state index is 13.6. The summed E-state index contributed by atoms with van der Waals surface area (Å²) in [5.41, 5.74) is 8.77. The molecule has 0 aromatic heterocycles. The number of halogens is 3. The van der Waals surface area contributed by atoms with Crippen LogP contribution in [0, 0.1) is 11.6 Å².